The number of unbranched alkanes of at least 4 members (excludes halogenated alkanes) is 7. The van der Waals surface area contributed by atoms with E-state index in [2.05, 4.69) is 4.74 Å². The molecule has 0 radical (unpaired) electrons. The Morgan fingerprint density at radius 1 is 1.00 bits per heavy atom. The Kier molecular flexibility index (Phi) is 19.5. The van der Waals surface area contributed by atoms with Gasteiger partial charge in [-0.25, -0.2) is 4.79 Å². The quantitative estimate of drug-likeness (QED) is 0.446. The first-order valence-corrected chi connectivity index (χ1v) is 7.66. The van der Waals surface area contributed by atoms with Crippen molar-refractivity contribution in [1.29, 1.82) is 0 Å². The van der Waals surface area contributed by atoms with Crippen LogP contribution in [-0.4, -0.2) is 29.7 Å². The lowest BCUT2D eigenvalue weighted by Gasteiger charge is -2.00. The highest BCUT2D eigenvalue weighted by molar-refractivity contribution is 6.61. The van der Waals surface area contributed by atoms with Crippen molar-refractivity contribution in [1.82, 2.24) is 0 Å². The Hall–Kier alpha value is -0.810. The van der Waals surface area contributed by atoms with Gasteiger partial charge in [0, 0.05) is 18.0 Å². The van der Waals surface area contributed by atoms with E-state index in [0.29, 0.717) is 13.0 Å². The van der Waals surface area contributed by atoms with E-state index in [-0.39, 0.29) is 0 Å². The van der Waals surface area contributed by atoms with E-state index in [4.69, 9.17) is 22.4 Å². The Bertz CT molecular complexity index is 237. The van der Waals surface area contributed by atoms with Gasteiger partial charge in [-0.2, -0.15) is 0 Å². The molecule has 0 saturated heterocycles. The molecule has 0 heterocycles. The van der Waals surface area contributed by atoms with Crippen LogP contribution < -0.4 is 5.73 Å². The molecule has 5 nitrogen and oxygen atoms in total. The van der Waals surface area contributed by atoms with Crippen LogP contribution >= 0.6 is 11.6 Å². The van der Waals surface area contributed by atoms with Gasteiger partial charge in [0.2, 0.25) is 0 Å². The monoisotopic (exact) mass is 309 g/mol. The first-order valence-electron chi connectivity index (χ1n) is 7.28. The maximum Gasteiger partial charge on any atom is 0.403 e. The van der Waals surface area contributed by atoms with Crippen LogP contribution in [0, 0.1) is 0 Å². The van der Waals surface area contributed by atoms with Gasteiger partial charge in [-0.1, -0.05) is 38.5 Å². The first kappa shape index (κ1) is 21.5. The van der Waals surface area contributed by atoms with Crippen molar-refractivity contribution in [3.8, 4) is 0 Å². The van der Waals surface area contributed by atoms with Crippen LogP contribution in [0.3, 0.4) is 0 Å². The standard InChI is InChI=1S/C11H23NO2.C3H5ClO2/c12-10-8-6-4-2-1-3-5-7-9-11(13)14;1-2-6-3(4)5/h1-10,12H2,(H,13,14);2H2,1H3. The third-order valence-electron chi connectivity index (χ3n) is 2.60. The fourth-order valence-electron chi connectivity index (χ4n) is 1.59. The molecule has 0 aromatic heterocycles. The molecule has 0 spiro atoms. The Morgan fingerprint density at radius 2 is 1.45 bits per heavy atom. The topological polar surface area (TPSA) is 89.6 Å². The van der Waals surface area contributed by atoms with E-state index < -0.39 is 11.4 Å². The number of nitrogens with two attached hydrogens (primary N) is 1. The summed E-state index contributed by atoms with van der Waals surface area (Å²) in [6, 6.07) is 0. The predicted octanol–water partition coefficient (Wildman–Crippen LogP) is 3.92. The molecule has 0 atom stereocenters. The summed E-state index contributed by atoms with van der Waals surface area (Å²) in [7, 11) is 0. The zero-order valence-electron chi connectivity index (χ0n) is 12.4. The van der Waals surface area contributed by atoms with E-state index in [0.717, 1.165) is 25.8 Å². The summed E-state index contributed by atoms with van der Waals surface area (Å²) in [6.07, 6.45) is 9.56. The lowest BCUT2D eigenvalue weighted by molar-refractivity contribution is -0.137. The van der Waals surface area contributed by atoms with Gasteiger partial charge in [0.15, 0.2) is 0 Å². The van der Waals surface area contributed by atoms with Gasteiger partial charge in [-0.05, 0) is 26.3 Å². The number of rotatable bonds is 11. The van der Waals surface area contributed by atoms with Crippen molar-refractivity contribution >= 4 is 23.0 Å². The highest BCUT2D eigenvalue weighted by atomic mass is 35.5. The van der Waals surface area contributed by atoms with Gasteiger partial charge in [0.25, 0.3) is 0 Å². The fraction of sp³-hybridized carbons (Fsp3) is 0.857. The summed E-state index contributed by atoms with van der Waals surface area (Å²) >= 11 is 4.72. The van der Waals surface area contributed by atoms with E-state index in [9.17, 15) is 9.59 Å². The molecule has 0 aromatic carbocycles. The van der Waals surface area contributed by atoms with Crippen molar-refractivity contribution in [3.63, 3.8) is 0 Å². The molecule has 0 unspecified atom stereocenters. The number of hydrogen-bond acceptors (Lipinski definition) is 4. The van der Waals surface area contributed by atoms with Gasteiger partial charge in [-0.3, -0.25) is 4.79 Å². The lowest BCUT2D eigenvalue weighted by Crippen LogP contribution is -1.97. The third-order valence-corrected chi connectivity index (χ3v) is 2.71. The molecular weight excluding hydrogens is 282 g/mol. The van der Waals surface area contributed by atoms with Crippen LogP contribution in [0.5, 0.6) is 0 Å². The summed E-state index contributed by atoms with van der Waals surface area (Å²) in [5.41, 5.74) is 4.64. The fourth-order valence-corrected chi connectivity index (χ4v) is 1.70. The Morgan fingerprint density at radius 3 is 1.75 bits per heavy atom. The molecule has 6 heteroatoms. The number of ether oxygens (including phenoxy) is 1. The van der Waals surface area contributed by atoms with E-state index in [1.165, 1.54) is 32.1 Å². The number of carbonyl (C=O) groups excluding carboxylic acids is 1. The molecular formula is C14H28ClNO4. The van der Waals surface area contributed by atoms with Crippen LogP contribution in [0.1, 0.15) is 64.7 Å². The van der Waals surface area contributed by atoms with E-state index in [1.807, 2.05) is 0 Å². The second-order valence-electron chi connectivity index (χ2n) is 4.43. The summed E-state index contributed by atoms with van der Waals surface area (Å²) in [5, 5.41) is 8.40. The molecule has 0 aromatic rings. The largest absolute Gasteiger partial charge is 0.481 e. The minimum Gasteiger partial charge on any atom is -0.481 e. The van der Waals surface area contributed by atoms with Gasteiger partial charge in [0.1, 0.15) is 0 Å². The molecule has 0 aliphatic carbocycles. The van der Waals surface area contributed by atoms with Crippen LogP contribution in [0.2, 0.25) is 0 Å². The number of halogens is 1. The average molecular weight is 310 g/mol. The molecule has 3 N–H and O–H groups in total. The summed E-state index contributed by atoms with van der Waals surface area (Å²) in [6.45, 7) is 2.85. The van der Waals surface area contributed by atoms with Crippen LogP contribution in [-0.2, 0) is 9.53 Å². The highest BCUT2D eigenvalue weighted by Gasteiger charge is 1.96. The minimum atomic E-state index is -0.738. The summed E-state index contributed by atoms with van der Waals surface area (Å²) in [4.78, 5) is 19.8. The van der Waals surface area contributed by atoms with Gasteiger partial charge in [-0.15, -0.1) is 0 Å². The van der Waals surface area contributed by atoms with E-state index >= 15 is 0 Å². The first-order chi connectivity index (χ1) is 9.54. The maximum atomic E-state index is 10.2. The number of carboxylic acids is 1. The molecule has 120 valence electrons. The number of aliphatic carboxylic acids is 1. The van der Waals surface area contributed by atoms with Gasteiger partial charge < -0.3 is 15.6 Å². The van der Waals surface area contributed by atoms with Crippen molar-refractivity contribution in [3.05, 3.63) is 0 Å². The van der Waals surface area contributed by atoms with Crippen molar-refractivity contribution in [2.45, 2.75) is 64.7 Å². The molecule has 0 fully saturated rings. The minimum absolute atomic E-state index is 0.327. The van der Waals surface area contributed by atoms with Gasteiger partial charge in [0.05, 0.1) is 6.61 Å². The highest BCUT2D eigenvalue weighted by Crippen LogP contribution is 2.09. The molecule has 0 aliphatic rings. The zero-order valence-corrected chi connectivity index (χ0v) is 13.2. The van der Waals surface area contributed by atoms with E-state index in [1.54, 1.807) is 6.92 Å². The summed E-state index contributed by atoms with van der Waals surface area (Å²) < 4.78 is 4.17. The van der Waals surface area contributed by atoms with Crippen molar-refractivity contribution in [2.75, 3.05) is 13.2 Å². The lowest BCUT2D eigenvalue weighted by atomic mass is 10.1. The van der Waals surface area contributed by atoms with Crippen LogP contribution in [0.15, 0.2) is 0 Å². The van der Waals surface area contributed by atoms with Crippen LogP contribution in [0.4, 0.5) is 4.79 Å². The SMILES string of the molecule is CCOC(=O)Cl.NCCCCCCCCCCC(=O)O. The van der Waals surface area contributed by atoms with Crippen molar-refractivity contribution < 1.29 is 19.4 Å². The molecule has 0 aliphatic heterocycles. The molecule has 0 saturated carbocycles. The predicted molar refractivity (Wildman–Crippen MR) is 81.1 cm³/mol. The second-order valence-corrected chi connectivity index (χ2v) is 4.74. The van der Waals surface area contributed by atoms with Gasteiger partial charge >= 0.3 is 11.4 Å². The number of hydrogen-bond donors (Lipinski definition) is 2. The molecule has 0 amide bonds. The number of carbonyl (C=O) groups is 2. The normalized spacial score (nSPS) is 9.55. The summed E-state index contributed by atoms with van der Waals surface area (Å²) in [5.74, 6) is -0.673. The zero-order chi connectivity index (χ0) is 15.6. The smallest absolute Gasteiger partial charge is 0.403 e. The number of carboxylic acid groups (broad SMARTS) is 1. The molecule has 20 heavy (non-hydrogen) atoms. The van der Waals surface area contributed by atoms with Crippen LogP contribution in [0.25, 0.3) is 0 Å². The molecule has 0 rings (SSSR count). The average Bonchev–Trinajstić information content (AvgIpc) is 2.37. The third kappa shape index (κ3) is 25.9. The Labute approximate surface area is 126 Å². The molecule has 0 bridgehead atoms. The van der Waals surface area contributed by atoms with Crippen molar-refractivity contribution in [2.24, 2.45) is 5.73 Å². The maximum absolute atomic E-state index is 10.2. The Balaban J connectivity index is 0. The second kappa shape index (κ2) is 18.2.